The second-order valence-corrected chi connectivity index (χ2v) is 6.64. The molecule has 3 rings (SSSR count). The van der Waals surface area contributed by atoms with Crippen molar-refractivity contribution in [1.82, 2.24) is 10.3 Å². The first kappa shape index (κ1) is 17.2. The summed E-state index contributed by atoms with van der Waals surface area (Å²) in [6, 6.07) is 8.13. The van der Waals surface area contributed by atoms with Crippen LogP contribution in [0.5, 0.6) is 5.75 Å². The molecule has 0 bridgehead atoms. The van der Waals surface area contributed by atoms with Gasteiger partial charge in [-0.25, -0.2) is 5.84 Å². The molecule has 1 amide bonds. The Kier molecular flexibility index (Phi) is 6.07. The van der Waals surface area contributed by atoms with Crippen LogP contribution < -0.4 is 16.0 Å². The van der Waals surface area contributed by atoms with E-state index in [0.717, 1.165) is 63.2 Å². The van der Waals surface area contributed by atoms with Crippen LogP contribution in [0.3, 0.4) is 0 Å². The molecule has 2 aliphatic heterocycles. The third kappa shape index (κ3) is 4.47. The fourth-order valence-electron chi connectivity index (χ4n) is 3.51. The van der Waals surface area contributed by atoms with Gasteiger partial charge in [0.1, 0.15) is 12.4 Å². The van der Waals surface area contributed by atoms with Gasteiger partial charge in [-0.1, -0.05) is 18.2 Å². The lowest BCUT2D eigenvalue weighted by Crippen LogP contribution is -2.44. The molecule has 2 fully saturated rings. The van der Waals surface area contributed by atoms with E-state index in [4.69, 9.17) is 15.3 Å². The van der Waals surface area contributed by atoms with Crippen molar-refractivity contribution in [2.45, 2.75) is 38.3 Å². The van der Waals surface area contributed by atoms with Crippen molar-refractivity contribution >= 4 is 5.91 Å². The normalized spacial score (nSPS) is 24.7. The summed E-state index contributed by atoms with van der Waals surface area (Å²) in [6.07, 6.45) is 4.32. The van der Waals surface area contributed by atoms with Crippen molar-refractivity contribution in [2.75, 3.05) is 26.3 Å². The highest BCUT2D eigenvalue weighted by atomic mass is 16.5. The van der Waals surface area contributed by atoms with Gasteiger partial charge < -0.3 is 9.47 Å². The number of hydrogen-bond acceptors (Lipinski definition) is 5. The first-order valence-electron chi connectivity index (χ1n) is 8.81. The zero-order chi connectivity index (χ0) is 16.8. The molecule has 1 aromatic carbocycles. The number of amides is 1. The molecule has 2 heterocycles. The maximum Gasteiger partial charge on any atom is 0.238 e. The Balaban J connectivity index is 1.58. The van der Waals surface area contributed by atoms with E-state index in [1.807, 2.05) is 18.2 Å². The van der Waals surface area contributed by atoms with E-state index >= 15 is 0 Å². The summed E-state index contributed by atoms with van der Waals surface area (Å²) < 4.78 is 11.6. The van der Waals surface area contributed by atoms with E-state index in [-0.39, 0.29) is 17.9 Å². The molecule has 6 nitrogen and oxygen atoms in total. The number of nitrogens with two attached hydrogens (primary N) is 1. The number of rotatable bonds is 6. The minimum Gasteiger partial charge on any atom is -0.491 e. The summed E-state index contributed by atoms with van der Waals surface area (Å²) in [5.41, 5.74) is 3.43. The lowest BCUT2D eigenvalue weighted by atomic mass is 9.97. The third-order valence-corrected chi connectivity index (χ3v) is 4.83. The second-order valence-electron chi connectivity index (χ2n) is 6.64. The van der Waals surface area contributed by atoms with Crippen molar-refractivity contribution in [1.29, 1.82) is 0 Å². The third-order valence-electron chi connectivity index (χ3n) is 4.83. The molecule has 2 atom stereocenters. The smallest absolute Gasteiger partial charge is 0.238 e. The largest absolute Gasteiger partial charge is 0.491 e. The van der Waals surface area contributed by atoms with Gasteiger partial charge in [-0.3, -0.25) is 15.1 Å². The van der Waals surface area contributed by atoms with Gasteiger partial charge in [0.25, 0.3) is 0 Å². The number of nitrogens with one attached hydrogen (secondary N) is 1. The molecule has 0 aliphatic carbocycles. The van der Waals surface area contributed by atoms with Crippen LogP contribution in [0.2, 0.25) is 0 Å². The highest BCUT2D eigenvalue weighted by molar-refractivity contribution is 5.78. The SMILES string of the molecule is NNC(=O)C1CCCN(Cc2ccccc2OCC2CCCO2)C1. The molecule has 24 heavy (non-hydrogen) atoms. The van der Waals surface area contributed by atoms with Crippen LogP contribution in [0, 0.1) is 5.92 Å². The number of carbonyl (C=O) groups excluding carboxylic acids is 1. The number of ether oxygens (including phenoxy) is 2. The highest BCUT2D eigenvalue weighted by Gasteiger charge is 2.26. The number of hydrogen-bond donors (Lipinski definition) is 2. The first-order valence-corrected chi connectivity index (χ1v) is 8.81. The minimum absolute atomic E-state index is 0.0243. The van der Waals surface area contributed by atoms with Gasteiger partial charge in [0.15, 0.2) is 0 Å². The van der Waals surface area contributed by atoms with Gasteiger partial charge in [-0.15, -0.1) is 0 Å². The number of benzene rings is 1. The number of carbonyl (C=O) groups is 1. The zero-order valence-corrected chi connectivity index (χ0v) is 14.1. The van der Waals surface area contributed by atoms with Crippen LogP contribution in [-0.2, 0) is 16.1 Å². The monoisotopic (exact) mass is 333 g/mol. The van der Waals surface area contributed by atoms with Crippen LogP contribution in [0.4, 0.5) is 0 Å². The fraction of sp³-hybridized carbons (Fsp3) is 0.611. The molecule has 2 aliphatic rings. The lowest BCUT2D eigenvalue weighted by molar-refractivity contribution is -0.126. The van der Waals surface area contributed by atoms with Crippen LogP contribution in [0.25, 0.3) is 0 Å². The van der Waals surface area contributed by atoms with Crippen molar-refractivity contribution in [3.05, 3.63) is 29.8 Å². The maximum atomic E-state index is 11.8. The topological polar surface area (TPSA) is 76.8 Å². The number of likely N-dealkylation sites (tertiary alicyclic amines) is 1. The highest BCUT2D eigenvalue weighted by Crippen LogP contribution is 2.24. The average Bonchev–Trinajstić information content (AvgIpc) is 3.14. The Morgan fingerprint density at radius 2 is 2.21 bits per heavy atom. The van der Waals surface area contributed by atoms with E-state index in [9.17, 15) is 4.79 Å². The number of piperidine rings is 1. The van der Waals surface area contributed by atoms with Gasteiger partial charge >= 0.3 is 0 Å². The van der Waals surface area contributed by atoms with E-state index in [0.29, 0.717) is 6.61 Å². The van der Waals surface area contributed by atoms with Gasteiger partial charge in [-0.05, 0) is 38.3 Å². The summed E-state index contributed by atoms with van der Waals surface area (Å²) in [4.78, 5) is 14.1. The maximum absolute atomic E-state index is 11.8. The van der Waals surface area contributed by atoms with Crippen molar-refractivity contribution in [2.24, 2.45) is 11.8 Å². The molecule has 6 heteroatoms. The van der Waals surface area contributed by atoms with Gasteiger partial charge in [0.2, 0.25) is 5.91 Å². The van der Waals surface area contributed by atoms with Crippen molar-refractivity contribution < 1.29 is 14.3 Å². The van der Waals surface area contributed by atoms with Crippen LogP contribution in [0.1, 0.15) is 31.2 Å². The Bertz CT molecular complexity index is 546. The Hall–Kier alpha value is -1.63. The van der Waals surface area contributed by atoms with Gasteiger partial charge in [-0.2, -0.15) is 0 Å². The van der Waals surface area contributed by atoms with E-state index in [1.165, 1.54) is 0 Å². The van der Waals surface area contributed by atoms with E-state index < -0.39 is 0 Å². The number of nitrogens with zero attached hydrogens (tertiary/aromatic N) is 1. The first-order chi connectivity index (χ1) is 11.8. The van der Waals surface area contributed by atoms with Crippen LogP contribution in [0.15, 0.2) is 24.3 Å². The lowest BCUT2D eigenvalue weighted by Gasteiger charge is -2.32. The van der Waals surface area contributed by atoms with Gasteiger partial charge in [0, 0.05) is 25.3 Å². The summed E-state index contributed by atoms with van der Waals surface area (Å²) in [6.45, 7) is 3.97. The molecule has 3 N–H and O–H groups in total. The zero-order valence-electron chi connectivity index (χ0n) is 14.1. The molecule has 0 radical (unpaired) electrons. The number of para-hydroxylation sites is 1. The Labute approximate surface area is 143 Å². The standard InChI is InChI=1S/C18H27N3O3/c19-20-18(22)15-6-3-9-21(12-15)11-14-5-1-2-8-17(14)24-13-16-7-4-10-23-16/h1-2,5,8,15-16H,3-4,6-7,9-13,19H2,(H,20,22). The molecule has 1 aromatic rings. The summed E-state index contributed by atoms with van der Waals surface area (Å²) in [5.74, 6) is 6.10. The minimum atomic E-state index is -0.0670. The van der Waals surface area contributed by atoms with Crippen LogP contribution in [-0.4, -0.2) is 43.2 Å². The molecule has 2 unspecified atom stereocenters. The number of hydrazine groups is 1. The average molecular weight is 333 g/mol. The van der Waals surface area contributed by atoms with Crippen molar-refractivity contribution in [3.63, 3.8) is 0 Å². The van der Waals surface area contributed by atoms with Gasteiger partial charge in [0.05, 0.1) is 12.0 Å². The molecular weight excluding hydrogens is 306 g/mol. The van der Waals surface area contributed by atoms with Crippen LogP contribution >= 0.6 is 0 Å². The molecule has 0 spiro atoms. The Morgan fingerprint density at radius 3 is 3.00 bits per heavy atom. The predicted octanol–water partition coefficient (Wildman–Crippen LogP) is 1.45. The molecule has 0 aromatic heterocycles. The summed E-state index contributed by atoms with van der Waals surface area (Å²) in [7, 11) is 0. The van der Waals surface area contributed by atoms with E-state index in [2.05, 4.69) is 16.4 Å². The molecule has 0 saturated carbocycles. The molecular formula is C18H27N3O3. The second kappa shape index (κ2) is 8.46. The Morgan fingerprint density at radius 1 is 1.33 bits per heavy atom. The predicted molar refractivity (Wildman–Crippen MR) is 91.2 cm³/mol. The van der Waals surface area contributed by atoms with Crippen molar-refractivity contribution in [3.8, 4) is 5.75 Å². The quantitative estimate of drug-likeness (QED) is 0.468. The molecule has 2 saturated heterocycles. The summed E-state index contributed by atoms with van der Waals surface area (Å²) >= 11 is 0. The van der Waals surface area contributed by atoms with E-state index in [1.54, 1.807) is 0 Å². The fourth-order valence-corrected chi connectivity index (χ4v) is 3.51. The molecule has 132 valence electrons. The summed E-state index contributed by atoms with van der Waals surface area (Å²) in [5, 5.41) is 0.